The minimum absolute atomic E-state index is 0.246. The van der Waals surface area contributed by atoms with Gasteiger partial charge in [0.2, 0.25) is 0 Å². The van der Waals surface area contributed by atoms with Gasteiger partial charge in [-0.05, 0) is 30.0 Å². The normalized spacial score (nSPS) is 17.8. The fourth-order valence-corrected chi connectivity index (χ4v) is 2.70. The number of halogens is 2. The van der Waals surface area contributed by atoms with Gasteiger partial charge in [-0.25, -0.2) is 8.78 Å². The summed E-state index contributed by atoms with van der Waals surface area (Å²) in [5.41, 5.74) is 0.601. The molecule has 120 valence electrons. The Hall–Kier alpha value is -2.80. The van der Waals surface area contributed by atoms with E-state index < -0.39 is 11.6 Å². The van der Waals surface area contributed by atoms with E-state index in [0.717, 1.165) is 11.8 Å². The molecule has 1 aliphatic heterocycles. The number of hydrogen-bond acceptors (Lipinski definition) is 4. The number of amidine groups is 1. The van der Waals surface area contributed by atoms with Crippen molar-refractivity contribution in [2.45, 2.75) is 0 Å². The van der Waals surface area contributed by atoms with E-state index in [0.29, 0.717) is 16.0 Å². The summed E-state index contributed by atoms with van der Waals surface area (Å²) in [4.78, 5) is 12.2. The molecular weight excluding hydrogens is 332 g/mol. The molecule has 0 bridgehead atoms. The Balaban J connectivity index is 1.75. The fraction of sp³-hybridized carbons (Fsp3) is 0. The van der Waals surface area contributed by atoms with Crippen LogP contribution < -0.4 is 5.32 Å². The number of hydrogen-bond donors (Lipinski definition) is 1. The average molecular weight is 343 g/mol. The van der Waals surface area contributed by atoms with Gasteiger partial charge in [0.15, 0.2) is 5.17 Å². The lowest BCUT2D eigenvalue weighted by atomic mass is 10.2. The molecule has 1 fully saturated rings. The van der Waals surface area contributed by atoms with Crippen LogP contribution in [0.5, 0.6) is 0 Å². The smallest absolute Gasteiger partial charge is 0.264 e. The molecule has 2 aromatic rings. The summed E-state index contributed by atoms with van der Waals surface area (Å²) in [6, 6.07) is 12.3. The highest BCUT2D eigenvalue weighted by Gasteiger charge is 2.24. The summed E-state index contributed by atoms with van der Waals surface area (Å²) >= 11 is 1.04. The van der Waals surface area contributed by atoms with Crippen LogP contribution in [0.2, 0.25) is 0 Å². The zero-order valence-corrected chi connectivity index (χ0v) is 13.1. The molecule has 0 saturated carbocycles. The summed E-state index contributed by atoms with van der Waals surface area (Å²) in [5, 5.41) is 10.4. The Morgan fingerprint density at radius 2 is 1.58 bits per heavy atom. The SMILES string of the molecule is O=C1NC(=N/N=C\c2ccccc2F)S/C1=C\c1ccccc1F. The third kappa shape index (κ3) is 3.75. The van der Waals surface area contributed by atoms with Crippen LogP contribution in [0.15, 0.2) is 63.6 Å². The molecule has 24 heavy (non-hydrogen) atoms. The number of rotatable bonds is 3. The van der Waals surface area contributed by atoms with Crippen LogP contribution in [-0.2, 0) is 4.79 Å². The summed E-state index contributed by atoms with van der Waals surface area (Å²) in [5.74, 6) is -1.21. The van der Waals surface area contributed by atoms with Gasteiger partial charge in [-0.1, -0.05) is 36.4 Å². The van der Waals surface area contributed by atoms with Crippen molar-refractivity contribution in [1.29, 1.82) is 0 Å². The molecule has 4 nitrogen and oxygen atoms in total. The topological polar surface area (TPSA) is 53.8 Å². The van der Waals surface area contributed by atoms with E-state index in [2.05, 4.69) is 15.5 Å². The summed E-state index contributed by atoms with van der Waals surface area (Å²) < 4.78 is 27.1. The van der Waals surface area contributed by atoms with Gasteiger partial charge >= 0.3 is 0 Å². The molecule has 1 heterocycles. The number of benzene rings is 2. The molecule has 1 aliphatic rings. The zero-order valence-electron chi connectivity index (χ0n) is 12.2. The van der Waals surface area contributed by atoms with E-state index in [1.807, 2.05) is 0 Å². The molecule has 3 rings (SSSR count). The second kappa shape index (κ2) is 7.18. The van der Waals surface area contributed by atoms with Crippen molar-refractivity contribution in [2.75, 3.05) is 0 Å². The van der Waals surface area contributed by atoms with Crippen molar-refractivity contribution in [3.63, 3.8) is 0 Å². The number of nitrogens with one attached hydrogen (secondary N) is 1. The summed E-state index contributed by atoms with van der Waals surface area (Å²) in [6.45, 7) is 0. The maximum Gasteiger partial charge on any atom is 0.264 e. The van der Waals surface area contributed by atoms with Gasteiger partial charge in [-0.15, -0.1) is 5.10 Å². The largest absolute Gasteiger partial charge is 0.299 e. The van der Waals surface area contributed by atoms with Crippen LogP contribution in [0.3, 0.4) is 0 Å². The van der Waals surface area contributed by atoms with Crippen LogP contribution >= 0.6 is 11.8 Å². The van der Waals surface area contributed by atoms with E-state index in [9.17, 15) is 13.6 Å². The average Bonchev–Trinajstić information content (AvgIpc) is 2.91. The molecule has 0 radical (unpaired) electrons. The highest BCUT2D eigenvalue weighted by Crippen LogP contribution is 2.26. The van der Waals surface area contributed by atoms with Crippen molar-refractivity contribution in [1.82, 2.24) is 5.32 Å². The van der Waals surface area contributed by atoms with E-state index >= 15 is 0 Å². The standard InChI is InChI=1S/C17H11F2N3OS/c18-13-7-3-1-5-11(13)9-15-16(23)21-17(24-15)22-20-10-12-6-2-4-8-14(12)19/h1-10H,(H,21,22,23)/b15-9-,20-10-. The first-order valence-electron chi connectivity index (χ1n) is 6.94. The van der Waals surface area contributed by atoms with Gasteiger partial charge in [0.05, 0.1) is 11.1 Å². The lowest BCUT2D eigenvalue weighted by molar-refractivity contribution is -0.115. The molecule has 1 saturated heterocycles. The van der Waals surface area contributed by atoms with Crippen molar-refractivity contribution in [3.05, 3.63) is 76.2 Å². The van der Waals surface area contributed by atoms with Gasteiger partial charge in [0.1, 0.15) is 11.6 Å². The first-order valence-corrected chi connectivity index (χ1v) is 7.76. The quantitative estimate of drug-likeness (QED) is 0.526. The predicted octanol–water partition coefficient (Wildman–Crippen LogP) is 3.56. The monoisotopic (exact) mass is 343 g/mol. The van der Waals surface area contributed by atoms with Gasteiger partial charge < -0.3 is 0 Å². The van der Waals surface area contributed by atoms with Crippen molar-refractivity contribution < 1.29 is 13.6 Å². The lowest BCUT2D eigenvalue weighted by Crippen LogP contribution is -2.19. The van der Waals surface area contributed by atoms with Crippen LogP contribution in [0.4, 0.5) is 8.78 Å². The van der Waals surface area contributed by atoms with Crippen molar-refractivity contribution >= 4 is 35.1 Å². The number of carbonyl (C=O) groups excluding carboxylic acids is 1. The molecular formula is C17H11F2N3OS. The Kier molecular flexibility index (Phi) is 4.81. The van der Waals surface area contributed by atoms with Gasteiger partial charge in [0.25, 0.3) is 5.91 Å². The molecule has 0 spiro atoms. The molecule has 0 aliphatic carbocycles. The van der Waals surface area contributed by atoms with E-state index in [-0.39, 0.29) is 11.1 Å². The van der Waals surface area contributed by atoms with Crippen LogP contribution in [0, 0.1) is 11.6 Å². The third-order valence-corrected chi connectivity index (χ3v) is 3.99. The number of thioether (sulfide) groups is 1. The number of amides is 1. The van der Waals surface area contributed by atoms with Crippen LogP contribution in [0.1, 0.15) is 11.1 Å². The first-order chi connectivity index (χ1) is 11.6. The van der Waals surface area contributed by atoms with Gasteiger partial charge in [-0.3, -0.25) is 10.1 Å². The fourth-order valence-electron chi connectivity index (χ4n) is 1.93. The lowest BCUT2D eigenvalue weighted by Gasteiger charge is -1.96. The van der Waals surface area contributed by atoms with Crippen molar-refractivity contribution in [3.8, 4) is 0 Å². The van der Waals surface area contributed by atoms with Crippen molar-refractivity contribution in [2.24, 2.45) is 10.2 Å². The maximum absolute atomic E-state index is 13.6. The maximum atomic E-state index is 13.6. The molecule has 0 unspecified atom stereocenters. The summed E-state index contributed by atoms with van der Waals surface area (Å²) in [7, 11) is 0. The molecule has 0 aromatic heterocycles. The number of carbonyl (C=O) groups is 1. The molecule has 7 heteroatoms. The Labute approximate surface area is 141 Å². The van der Waals surface area contributed by atoms with Crippen LogP contribution in [0.25, 0.3) is 6.08 Å². The molecule has 0 atom stereocenters. The first kappa shape index (κ1) is 16.1. The van der Waals surface area contributed by atoms with Gasteiger partial charge in [-0.2, -0.15) is 5.10 Å². The molecule has 1 amide bonds. The third-order valence-electron chi connectivity index (χ3n) is 3.09. The van der Waals surface area contributed by atoms with E-state index in [1.165, 1.54) is 24.4 Å². The van der Waals surface area contributed by atoms with Crippen LogP contribution in [-0.4, -0.2) is 17.3 Å². The molecule has 1 N–H and O–H groups in total. The van der Waals surface area contributed by atoms with E-state index in [4.69, 9.17) is 0 Å². The zero-order chi connectivity index (χ0) is 16.9. The molecule has 2 aromatic carbocycles. The Bertz CT molecular complexity index is 878. The Morgan fingerprint density at radius 1 is 0.958 bits per heavy atom. The van der Waals surface area contributed by atoms with Gasteiger partial charge in [0, 0.05) is 11.1 Å². The van der Waals surface area contributed by atoms with E-state index in [1.54, 1.807) is 36.4 Å². The minimum atomic E-state index is -0.415. The predicted molar refractivity (Wildman–Crippen MR) is 91.5 cm³/mol. The number of nitrogens with zero attached hydrogens (tertiary/aromatic N) is 2. The second-order valence-corrected chi connectivity index (χ2v) is 5.79. The minimum Gasteiger partial charge on any atom is -0.299 e. The highest BCUT2D eigenvalue weighted by molar-refractivity contribution is 8.18. The highest BCUT2D eigenvalue weighted by atomic mass is 32.2. The second-order valence-electron chi connectivity index (χ2n) is 4.76. The Morgan fingerprint density at radius 3 is 2.25 bits per heavy atom. The summed E-state index contributed by atoms with van der Waals surface area (Å²) in [6.07, 6.45) is 2.70.